The molecule has 7 aromatic rings. The molecule has 0 aliphatic carbocycles. The number of methoxy groups -OCH3 is 1. The number of nitrogens with zero attached hydrogens (tertiary/aromatic N) is 4. The average Bonchev–Trinajstić information content (AvgIpc) is 3.11. The minimum absolute atomic E-state index is 0.256. The van der Waals surface area contributed by atoms with Crippen LogP contribution in [0, 0.1) is 0 Å². The highest BCUT2D eigenvalue weighted by atomic mass is 35.5. The molecule has 4 aromatic carbocycles. The fourth-order valence-electron chi connectivity index (χ4n) is 5.23. The molecular formula is C37H29Cl3N6O. The normalized spacial score (nSPS) is 10.8. The Hall–Kier alpha value is -4.79. The van der Waals surface area contributed by atoms with Gasteiger partial charge in [0.1, 0.15) is 6.33 Å². The molecule has 3 N–H and O–H groups in total. The molecule has 10 heteroatoms. The fraction of sp³-hybridized carbons (Fsp3) is 0.0811. The third-order valence-electron chi connectivity index (χ3n) is 7.48. The number of anilines is 1. The van der Waals surface area contributed by atoms with Gasteiger partial charge in [-0.1, -0.05) is 120 Å². The lowest BCUT2D eigenvalue weighted by Gasteiger charge is -2.14. The molecule has 3 aromatic heterocycles. The summed E-state index contributed by atoms with van der Waals surface area (Å²) >= 11 is 18.7. The molecule has 0 bridgehead atoms. The molecule has 234 valence electrons. The van der Waals surface area contributed by atoms with Crippen molar-refractivity contribution in [1.29, 1.82) is 0 Å². The van der Waals surface area contributed by atoms with E-state index < -0.39 is 0 Å². The lowest BCUT2D eigenvalue weighted by Crippen LogP contribution is -2.06. The van der Waals surface area contributed by atoms with E-state index in [1.165, 1.54) is 13.4 Å². The molecule has 7 nitrogen and oxygen atoms in total. The molecule has 0 amide bonds. The monoisotopic (exact) mass is 678 g/mol. The number of benzene rings is 4. The van der Waals surface area contributed by atoms with Crippen LogP contribution in [0.4, 0.5) is 5.82 Å². The third-order valence-corrected chi connectivity index (χ3v) is 8.36. The van der Waals surface area contributed by atoms with Crippen molar-refractivity contribution in [3.05, 3.63) is 142 Å². The van der Waals surface area contributed by atoms with Crippen molar-refractivity contribution in [1.82, 2.24) is 19.9 Å². The molecule has 0 atom stereocenters. The van der Waals surface area contributed by atoms with Gasteiger partial charge in [0.15, 0.2) is 16.7 Å². The Bertz CT molecular complexity index is 2160. The number of rotatable bonds is 7. The van der Waals surface area contributed by atoms with Gasteiger partial charge in [-0.2, -0.15) is 0 Å². The van der Waals surface area contributed by atoms with Crippen LogP contribution in [0.3, 0.4) is 0 Å². The van der Waals surface area contributed by atoms with E-state index in [-0.39, 0.29) is 5.15 Å². The van der Waals surface area contributed by atoms with Crippen molar-refractivity contribution in [2.24, 2.45) is 5.73 Å². The van der Waals surface area contributed by atoms with Gasteiger partial charge < -0.3 is 15.8 Å². The van der Waals surface area contributed by atoms with Gasteiger partial charge in [0.2, 0.25) is 0 Å². The Labute approximate surface area is 287 Å². The number of nitrogens with one attached hydrogen (secondary N) is 1. The highest BCUT2D eigenvalue weighted by Crippen LogP contribution is 2.33. The summed E-state index contributed by atoms with van der Waals surface area (Å²) in [7, 11) is 1.53. The Morgan fingerprint density at radius 2 is 1.19 bits per heavy atom. The van der Waals surface area contributed by atoms with Gasteiger partial charge in [-0.3, -0.25) is 0 Å². The van der Waals surface area contributed by atoms with Crippen LogP contribution in [-0.4, -0.2) is 27.0 Å². The number of halogens is 3. The number of pyridine rings is 2. The number of hydrogen-bond acceptors (Lipinski definition) is 7. The Morgan fingerprint density at radius 3 is 1.72 bits per heavy atom. The van der Waals surface area contributed by atoms with Gasteiger partial charge in [-0.25, -0.2) is 19.9 Å². The molecule has 3 heterocycles. The summed E-state index contributed by atoms with van der Waals surface area (Å²) in [5, 5.41) is 6.81. The lowest BCUT2D eigenvalue weighted by atomic mass is 10.0. The summed E-state index contributed by atoms with van der Waals surface area (Å²) in [5.41, 5.74) is 13.3. The molecule has 7 rings (SSSR count). The smallest absolute Gasteiger partial charge is 0.198 e. The number of hydrogen-bond donors (Lipinski definition) is 2. The van der Waals surface area contributed by atoms with Crippen LogP contribution < -0.4 is 15.8 Å². The zero-order chi connectivity index (χ0) is 32.8. The summed E-state index contributed by atoms with van der Waals surface area (Å²) in [6.07, 6.45) is 1.39. The molecule has 47 heavy (non-hydrogen) atoms. The van der Waals surface area contributed by atoms with Crippen LogP contribution in [0.25, 0.3) is 44.3 Å². The van der Waals surface area contributed by atoms with Crippen LogP contribution in [0.1, 0.15) is 11.1 Å². The van der Waals surface area contributed by atoms with E-state index in [0.717, 1.165) is 55.4 Å². The standard InChI is InChI=1S/C21H16Cl2N4O.C16H13ClN2/c1-28-19-20(23)25-12-26-21(19)24-11-15-10-14-8-5-9-16(22)18(14)27-17(15)13-6-3-2-4-7-13;17-14-8-4-7-12-9-13(10-18)15(19-16(12)14)11-5-2-1-3-6-11/h2-10,12H,11H2,1H3,(H,24,25,26);1-9H,10,18H2. The second-order valence-electron chi connectivity index (χ2n) is 10.5. The van der Waals surface area contributed by atoms with Gasteiger partial charge >= 0.3 is 0 Å². The van der Waals surface area contributed by atoms with Crippen LogP contribution in [-0.2, 0) is 13.1 Å². The van der Waals surface area contributed by atoms with Gasteiger partial charge in [-0.15, -0.1) is 0 Å². The molecule has 0 saturated heterocycles. The molecule has 0 unspecified atom stereocenters. The first-order valence-corrected chi connectivity index (χ1v) is 15.9. The van der Waals surface area contributed by atoms with E-state index in [1.54, 1.807) is 0 Å². The van der Waals surface area contributed by atoms with Crippen LogP contribution >= 0.6 is 34.8 Å². The number of para-hydroxylation sites is 2. The zero-order valence-corrected chi connectivity index (χ0v) is 27.6. The largest absolute Gasteiger partial charge is 0.490 e. The number of nitrogens with two attached hydrogens (primary N) is 1. The second kappa shape index (κ2) is 14.8. The number of fused-ring (bicyclic) bond motifs is 2. The van der Waals surface area contributed by atoms with Crippen molar-refractivity contribution in [3.63, 3.8) is 0 Å². The zero-order valence-electron chi connectivity index (χ0n) is 25.3. The molecule has 0 aliphatic heterocycles. The molecule has 0 aliphatic rings. The summed E-state index contributed by atoms with van der Waals surface area (Å²) in [5.74, 6) is 0.926. The van der Waals surface area contributed by atoms with Crippen LogP contribution in [0.5, 0.6) is 5.75 Å². The second-order valence-corrected chi connectivity index (χ2v) is 11.6. The lowest BCUT2D eigenvalue weighted by molar-refractivity contribution is 0.413. The van der Waals surface area contributed by atoms with E-state index >= 15 is 0 Å². The molecular weight excluding hydrogens is 651 g/mol. The Kier molecular flexibility index (Phi) is 10.1. The van der Waals surface area contributed by atoms with Gasteiger partial charge in [0.25, 0.3) is 0 Å². The van der Waals surface area contributed by atoms with Gasteiger partial charge in [0, 0.05) is 35.0 Å². The average molecular weight is 680 g/mol. The number of aromatic nitrogens is 4. The van der Waals surface area contributed by atoms with E-state index in [0.29, 0.717) is 34.7 Å². The van der Waals surface area contributed by atoms with E-state index in [9.17, 15) is 0 Å². The van der Waals surface area contributed by atoms with Crippen LogP contribution in [0.2, 0.25) is 15.2 Å². The van der Waals surface area contributed by atoms with E-state index in [1.807, 2.05) is 97.1 Å². The molecule has 0 radical (unpaired) electrons. The first-order valence-electron chi connectivity index (χ1n) is 14.7. The van der Waals surface area contributed by atoms with Crippen LogP contribution in [0.15, 0.2) is 116 Å². The predicted octanol–water partition coefficient (Wildman–Crippen LogP) is 9.63. The van der Waals surface area contributed by atoms with Gasteiger partial charge in [-0.05, 0) is 35.4 Å². The fourth-order valence-corrected chi connectivity index (χ4v) is 5.89. The Morgan fingerprint density at radius 1 is 0.660 bits per heavy atom. The maximum absolute atomic E-state index is 6.37. The van der Waals surface area contributed by atoms with Crippen molar-refractivity contribution < 1.29 is 4.74 Å². The maximum Gasteiger partial charge on any atom is 0.198 e. The summed E-state index contributed by atoms with van der Waals surface area (Å²) in [6.45, 7) is 0.934. The van der Waals surface area contributed by atoms with Crippen molar-refractivity contribution >= 4 is 62.4 Å². The Balaban J connectivity index is 0.000000177. The van der Waals surface area contributed by atoms with Crippen molar-refractivity contribution in [2.75, 3.05) is 12.4 Å². The first kappa shape index (κ1) is 32.2. The summed E-state index contributed by atoms with van der Waals surface area (Å²) in [4.78, 5) is 17.7. The maximum atomic E-state index is 6.37. The quantitative estimate of drug-likeness (QED) is 0.162. The van der Waals surface area contributed by atoms with Crippen molar-refractivity contribution in [2.45, 2.75) is 13.1 Å². The highest BCUT2D eigenvalue weighted by molar-refractivity contribution is 6.35. The van der Waals surface area contributed by atoms with Crippen molar-refractivity contribution in [3.8, 4) is 28.3 Å². The topological polar surface area (TPSA) is 98.8 Å². The SMILES string of the molecule is COc1c(Cl)ncnc1NCc1cc2cccc(Cl)c2nc1-c1ccccc1.NCc1cc2cccc(Cl)c2nc1-c1ccccc1. The minimum Gasteiger partial charge on any atom is -0.490 e. The minimum atomic E-state index is 0.256. The molecule has 0 fully saturated rings. The third kappa shape index (κ3) is 7.14. The predicted molar refractivity (Wildman–Crippen MR) is 193 cm³/mol. The van der Waals surface area contributed by atoms with Gasteiger partial charge in [0.05, 0.1) is 39.6 Å². The molecule has 0 saturated carbocycles. The first-order chi connectivity index (χ1) is 23.0. The summed E-state index contributed by atoms with van der Waals surface area (Å²) < 4.78 is 5.31. The van der Waals surface area contributed by atoms with E-state index in [2.05, 4.69) is 27.4 Å². The number of ether oxygens (including phenoxy) is 1. The molecule has 0 spiro atoms. The highest BCUT2D eigenvalue weighted by Gasteiger charge is 2.14. The summed E-state index contributed by atoms with van der Waals surface area (Å²) in [6, 6.07) is 35.7. The van der Waals surface area contributed by atoms with E-state index in [4.69, 9.17) is 55.2 Å².